The van der Waals surface area contributed by atoms with Crippen molar-refractivity contribution in [1.82, 2.24) is 19.5 Å². The van der Waals surface area contributed by atoms with E-state index in [1.807, 2.05) is 36.1 Å². The van der Waals surface area contributed by atoms with E-state index in [0.29, 0.717) is 0 Å². The van der Waals surface area contributed by atoms with Crippen LogP contribution in [0.4, 0.5) is 5.95 Å². The number of imidazole rings is 1. The Balaban J connectivity index is 1.86. The van der Waals surface area contributed by atoms with Gasteiger partial charge in [0.25, 0.3) is 0 Å². The van der Waals surface area contributed by atoms with Crippen molar-refractivity contribution < 1.29 is 4.42 Å². The van der Waals surface area contributed by atoms with Crippen LogP contribution in [0.15, 0.2) is 41.4 Å². The fourth-order valence-corrected chi connectivity index (χ4v) is 2.83. The lowest BCUT2D eigenvalue weighted by Gasteiger charge is -2.16. The largest absolute Gasteiger partial charge is 0.463 e. The van der Waals surface area contributed by atoms with E-state index in [9.17, 15) is 0 Å². The van der Waals surface area contributed by atoms with E-state index < -0.39 is 0 Å². The third-order valence-corrected chi connectivity index (χ3v) is 3.98. The van der Waals surface area contributed by atoms with Crippen LogP contribution in [-0.4, -0.2) is 32.6 Å². The molecule has 0 radical (unpaired) electrons. The first-order valence-electron chi connectivity index (χ1n) is 7.46. The molecule has 22 heavy (non-hydrogen) atoms. The molecule has 0 spiro atoms. The molecule has 4 heterocycles. The number of aromatic nitrogens is 4. The highest BCUT2D eigenvalue weighted by Crippen LogP contribution is 2.31. The van der Waals surface area contributed by atoms with E-state index in [4.69, 9.17) is 9.40 Å². The third kappa shape index (κ3) is 2.16. The van der Waals surface area contributed by atoms with Crippen LogP contribution in [0.25, 0.3) is 22.8 Å². The topological polar surface area (TPSA) is 60.0 Å². The van der Waals surface area contributed by atoms with Gasteiger partial charge in [-0.05, 0) is 25.0 Å². The average Bonchev–Trinajstić information content (AvgIpc) is 3.29. The summed E-state index contributed by atoms with van der Waals surface area (Å²) in [4.78, 5) is 15.9. The lowest BCUT2D eigenvalue weighted by molar-refractivity contribution is 0.580. The summed E-state index contributed by atoms with van der Waals surface area (Å²) in [6.07, 6.45) is 9.59. The van der Waals surface area contributed by atoms with Crippen molar-refractivity contribution in [2.75, 3.05) is 18.0 Å². The Labute approximate surface area is 128 Å². The molecule has 0 unspecified atom stereocenters. The molecule has 1 fully saturated rings. The van der Waals surface area contributed by atoms with Crippen molar-refractivity contribution in [2.45, 2.75) is 12.8 Å². The zero-order valence-electron chi connectivity index (χ0n) is 12.4. The van der Waals surface area contributed by atoms with Crippen LogP contribution in [0.3, 0.4) is 0 Å². The van der Waals surface area contributed by atoms with Gasteiger partial charge >= 0.3 is 0 Å². The third-order valence-electron chi connectivity index (χ3n) is 3.98. The van der Waals surface area contributed by atoms with Gasteiger partial charge in [0.05, 0.1) is 11.8 Å². The zero-order valence-corrected chi connectivity index (χ0v) is 12.4. The lowest BCUT2D eigenvalue weighted by Crippen LogP contribution is -2.20. The molecule has 0 N–H and O–H groups in total. The summed E-state index contributed by atoms with van der Waals surface area (Å²) in [5.41, 5.74) is 1.67. The molecule has 112 valence electrons. The van der Waals surface area contributed by atoms with E-state index in [0.717, 1.165) is 41.9 Å². The molecule has 3 aromatic rings. The van der Waals surface area contributed by atoms with Gasteiger partial charge in [0.1, 0.15) is 11.5 Å². The first-order chi connectivity index (χ1) is 10.8. The van der Waals surface area contributed by atoms with Crippen molar-refractivity contribution >= 4 is 5.95 Å². The molecule has 4 rings (SSSR count). The zero-order chi connectivity index (χ0) is 14.9. The molecule has 3 aromatic heterocycles. The molecule has 0 saturated carbocycles. The standard InChI is InChI=1S/C16H17N5O/c1-20-9-6-17-15(20)12-11-18-16(21-7-2-3-8-21)19-14(12)13-5-4-10-22-13/h4-6,9-11H,2-3,7-8H2,1H3. The smallest absolute Gasteiger partial charge is 0.226 e. The second-order valence-electron chi connectivity index (χ2n) is 5.47. The fraction of sp³-hybridized carbons (Fsp3) is 0.312. The van der Waals surface area contributed by atoms with Gasteiger partial charge in [-0.3, -0.25) is 0 Å². The van der Waals surface area contributed by atoms with Crippen molar-refractivity contribution in [3.05, 3.63) is 37.0 Å². The Morgan fingerprint density at radius 2 is 2.05 bits per heavy atom. The van der Waals surface area contributed by atoms with Crippen LogP contribution in [0.2, 0.25) is 0 Å². The van der Waals surface area contributed by atoms with Gasteiger partial charge in [-0.1, -0.05) is 0 Å². The molecule has 1 aliphatic rings. The monoisotopic (exact) mass is 295 g/mol. The summed E-state index contributed by atoms with van der Waals surface area (Å²) >= 11 is 0. The molecule has 0 bridgehead atoms. The summed E-state index contributed by atoms with van der Waals surface area (Å²) in [7, 11) is 1.96. The Hall–Kier alpha value is -2.63. The maximum absolute atomic E-state index is 5.57. The van der Waals surface area contributed by atoms with Gasteiger partial charge in [0, 0.05) is 38.7 Å². The predicted molar refractivity (Wildman–Crippen MR) is 83.4 cm³/mol. The van der Waals surface area contributed by atoms with Gasteiger partial charge in [0.2, 0.25) is 5.95 Å². The predicted octanol–water partition coefficient (Wildman–Crippen LogP) is 2.74. The molecular formula is C16H17N5O. The molecule has 0 atom stereocenters. The van der Waals surface area contributed by atoms with E-state index >= 15 is 0 Å². The average molecular weight is 295 g/mol. The van der Waals surface area contributed by atoms with Crippen LogP contribution in [-0.2, 0) is 7.05 Å². The van der Waals surface area contributed by atoms with E-state index in [-0.39, 0.29) is 0 Å². The van der Waals surface area contributed by atoms with Crippen molar-refractivity contribution in [3.8, 4) is 22.8 Å². The molecule has 0 amide bonds. The number of rotatable bonds is 3. The minimum Gasteiger partial charge on any atom is -0.463 e. The summed E-state index contributed by atoms with van der Waals surface area (Å²) < 4.78 is 7.53. The molecule has 6 heteroatoms. The highest BCUT2D eigenvalue weighted by molar-refractivity contribution is 5.75. The molecule has 0 aromatic carbocycles. The number of anilines is 1. The quantitative estimate of drug-likeness (QED) is 0.743. The van der Waals surface area contributed by atoms with Gasteiger partial charge in [-0.25, -0.2) is 15.0 Å². The lowest BCUT2D eigenvalue weighted by atomic mass is 10.2. The maximum atomic E-state index is 5.57. The SMILES string of the molecule is Cn1ccnc1-c1cnc(N2CCCC2)nc1-c1ccco1. The van der Waals surface area contributed by atoms with Crippen LogP contribution in [0.5, 0.6) is 0 Å². The van der Waals surface area contributed by atoms with Gasteiger partial charge in [-0.2, -0.15) is 0 Å². The van der Waals surface area contributed by atoms with Crippen molar-refractivity contribution in [2.24, 2.45) is 7.05 Å². The summed E-state index contributed by atoms with van der Waals surface area (Å²) in [5.74, 6) is 2.34. The number of aryl methyl sites for hydroxylation is 1. The van der Waals surface area contributed by atoms with Crippen LogP contribution in [0, 0.1) is 0 Å². The highest BCUT2D eigenvalue weighted by Gasteiger charge is 2.20. The first kappa shape index (κ1) is 13.1. The van der Waals surface area contributed by atoms with E-state index in [2.05, 4.69) is 14.9 Å². The number of nitrogens with zero attached hydrogens (tertiary/aromatic N) is 5. The number of hydrogen-bond donors (Lipinski definition) is 0. The molecular weight excluding hydrogens is 278 g/mol. The highest BCUT2D eigenvalue weighted by atomic mass is 16.3. The second-order valence-corrected chi connectivity index (χ2v) is 5.47. The molecule has 0 aliphatic carbocycles. The normalized spacial score (nSPS) is 14.7. The Bertz CT molecular complexity index is 772. The second kappa shape index (κ2) is 5.29. The molecule has 1 saturated heterocycles. The van der Waals surface area contributed by atoms with Crippen molar-refractivity contribution in [3.63, 3.8) is 0 Å². The summed E-state index contributed by atoms with van der Waals surface area (Å²) in [6.45, 7) is 2.03. The van der Waals surface area contributed by atoms with Gasteiger partial charge < -0.3 is 13.9 Å². The molecule has 1 aliphatic heterocycles. The Kier molecular flexibility index (Phi) is 3.14. The molecule has 6 nitrogen and oxygen atoms in total. The van der Waals surface area contributed by atoms with Crippen molar-refractivity contribution in [1.29, 1.82) is 0 Å². The van der Waals surface area contributed by atoms with E-state index in [1.165, 1.54) is 12.8 Å². The van der Waals surface area contributed by atoms with Gasteiger partial charge in [-0.15, -0.1) is 0 Å². The fourth-order valence-electron chi connectivity index (χ4n) is 2.83. The van der Waals surface area contributed by atoms with Gasteiger partial charge in [0.15, 0.2) is 5.76 Å². The summed E-state index contributed by atoms with van der Waals surface area (Å²) in [5, 5.41) is 0. The number of hydrogen-bond acceptors (Lipinski definition) is 5. The minimum atomic E-state index is 0.737. The maximum Gasteiger partial charge on any atom is 0.226 e. The van der Waals surface area contributed by atoms with Crippen LogP contribution in [0.1, 0.15) is 12.8 Å². The summed E-state index contributed by atoms with van der Waals surface area (Å²) in [6, 6.07) is 3.79. The van der Waals surface area contributed by atoms with Crippen LogP contribution < -0.4 is 4.90 Å². The van der Waals surface area contributed by atoms with E-state index in [1.54, 1.807) is 12.5 Å². The Morgan fingerprint density at radius 1 is 1.18 bits per heavy atom. The number of furan rings is 1. The minimum absolute atomic E-state index is 0.737. The van der Waals surface area contributed by atoms with Crippen LogP contribution >= 0.6 is 0 Å². The Morgan fingerprint density at radius 3 is 2.73 bits per heavy atom. The first-order valence-corrected chi connectivity index (χ1v) is 7.46.